The molecule has 270 valence electrons. The first-order valence-corrected chi connectivity index (χ1v) is 19.9. The quantitative estimate of drug-likeness (QED) is 0.177. The number of rotatable bonds is 7. The van der Waals surface area contributed by atoms with Crippen LogP contribution >= 0.6 is 0 Å². The normalized spacial score (nSPS) is 18.4. The van der Waals surface area contributed by atoms with E-state index in [-0.39, 0.29) is 12.0 Å². The zero-order valence-electron chi connectivity index (χ0n) is 31.7. The highest BCUT2D eigenvalue weighted by molar-refractivity contribution is 5.92. The topological polar surface area (TPSA) is 15.3 Å². The molecule has 10 rings (SSSR count). The number of hydrogen-bond acceptors (Lipinski definition) is 2. The number of dihydropyridines is 1. The maximum atomic E-state index is 3.94. The smallest absolute Gasteiger partial charge is 0.0841 e. The molecule has 56 heavy (non-hydrogen) atoms. The second kappa shape index (κ2) is 14.5. The molecule has 2 heterocycles. The molecule has 2 atom stereocenters. The first-order chi connectivity index (χ1) is 27.7. The number of allylic oxidation sites excluding steroid dienone is 7. The van der Waals surface area contributed by atoms with Crippen molar-refractivity contribution in [1.29, 1.82) is 0 Å². The third-order valence-electron chi connectivity index (χ3n) is 11.8. The lowest BCUT2D eigenvalue weighted by molar-refractivity contribution is 0.616. The van der Waals surface area contributed by atoms with Crippen LogP contribution in [0.5, 0.6) is 0 Å². The average molecular weight is 721 g/mol. The van der Waals surface area contributed by atoms with Crippen LogP contribution in [0.3, 0.4) is 0 Å². The van der Waals surface area contributed by atoms with Gasteiger partial charge in [-0.3, -0.25) is 0 Å². The van der Waals surface area contributed by atoms with E-state index in [4.69, 9.17) is 0 Å². The Morgan fingerprint density at radius 1 is 0.536 bits per heavy atom. The van der Waals surface area contributed by atoms with Gasteiger partial charge in [0.25, 0.3) is 0 Å². The van der Waals surface area contributed by atoms with Crippen LogP contribution in [0, 0.1) is 12.8 Å². The van der Waals surface area contributed by atoms with Gasteiger partial charge in [0.1, 0.15) is 0 Å². The molecule has 0 aromatic heterocycles. The van der Waals surface area contributed by atoms with E-state index in [9.17, 15) is 0 Å². The molecule has 0 bridgehead atoms. The predicted octanol–water partition coefficient (Wildman–Crippen LogP) is 13.1. The van der Waals surface area contributed by atoms with E-state index in [0.29, 0.717) is 0 Å². The monoisotopic (exact) mass is 720 g/mol. The van der Waals surface area contributed by atoms with Crippen LogP contribution in [-0.2, 0) is 0 Å². The van der Waals surface area contributed by atoms with E-state index >= 15 is 0 Å². The summed E-state index contributed by atoms with van der Waals surface area (Å²) in [4.78, 5) is 2.55. The van der Waals surface area contributed by atoms with Gasteiger partial charge in [0.05, 0.1) is 6.04 Å². The first kappa shape index (κ1) is 33.9. The molecule has 6 aromatic carbocycles. The number of aryl methyl sites for hydroxylation is 1. The summed E-state index contributed by atoms with van der Waals surface area (Å²) >= 11 is 0. The van der Waals surface area contributed by atoms with Crippen molar-refractivity contribution in [2.75, 3.05) is 11.4 Å². The van der Waals surface area contributed by atoms with Crippen molar-refractivity contribution < 1.29 is 0 Å². The molecule has 0 fully saturated rings. The second-order valence-electron chi connectivity index (χ2n) is 15.3. The zero-order valence-corrected chi connectivity index (χ0v) is 31.7. The van der Waals surface area contributed by atoms with E-state index in [1.54, 1.807) is 0 Å². The summed E-state index contributed by atoms with van der Waals surface area (Å²) in [6, 6.07) is 55.6. The van der Waals surface area contributed by atoms with E-state index in [2.05, 4.69) is 211 Å². The zero-order chi connectivity index (χ0) is 37.4. The Kier molecular flexibility index (Phi) is 8.80. The third kappa shape index (κ3) is 6.28. The summed E-state index contributed by atoms with van der Waals surface area (Å²) in [5.41, 5.74) is 20.2. The highest BCUT2D eigenvalue weighted by Crippen LogP contribution is 2.49. The minimum Gasteiger partial charge on any atom is -0.383 e. The van der Waals surface area contributed by atoms with Crippen LogP contribution in [0.2, 0.25) is 0 Å². The van der Waals surface area contributed by atoms with Gasteiger partial charge in [0.15, 0.2) is 0 Å². The van der Waals surface area contributed by atoms with Gasteiger partial charge in [-0.1, -0.05) is 146 Å². The van der Waals surface area contributed by atoms with Crippen LogP contribution in [0.25, 0.3) is 50.1 Å². The van der Waals surface area contributed by atoms with Gasteiger partial charge in [-0.05, 0) is 135 Å². The maximum absolute atomic E-state index is 3.94. The van der Waals surface area contributed by atoms with Crippen molar-refractivity contribution in [3.63, 3.8) is 0 Å². The SMILES string of the molecule is Cc1ccccc1N1C=C(c2cc(-c3ccccc3)cc(-c3ccccc3)c2)C2C=CC3=C(NCC=C3c3cc(C4=CCCC=C4)cc(-c4ccccc4)c3)C21. The summed E-state index contributed by atoms with van der Waals surface area (Å²) < 4.78 is 0. The van der Waals surface area contributed by atoms with Crippen molar-refractivity contribution in [2.45, 2.75) is 25.8 Å². The van der Waals surface area contributed by atoms with Crippen LogP contribution in [0.15, 0.2) is 206 Å². The fourth-order valence-corrected chi connectivity index (χ4v) is 9.02. The van der Waals surface area contributed by atoms with Crippen LogP contribution in [0.1, 0.15) is 35.1 Å². The maximum Gasteiger partial charge on any atom is 0.0841 e. The van der Waals surface area contributed by atoms with Crippen molar-refractivity contribution in [1.82, 2.24) is 5.32 Å². The van der Waals surface area contributed by atoms with E-state index in [1.807, 2.05) is 0 Å². The van der Waals surface area contributed by atoms with E-state index < -0.39 is 0 Å². The van der Waals surface area contributed by atoms with Gasteiger partial charge >= 0.3 is 0 Å². The van der Waals surface area contributed by atoms with E-state index in [1.165, 1.54) is 89.3 Å². The van der Waals surface area contributed by atoms with Gasteiger partial charge in [-0.2, -0.15) is 0 Å². The molecule has 2 unspecified atom stereocenters. The Balaban J connectivity index is 1.11. The summed E-state index contributed by atoms with van der Waals surface area (Å²) in [7, 11) is 0. The Morgan fingerprint density at radius 2 is 1.11 bits per heavy atom. The van der Waals surface area contributed by atoms with Gasteiger partial charge < -0.3 is 10.2 Å². The molecule has 2 aliphatic carbocycles. The molecule has 0 saturated heterocycles. The van der Waals surface area contributed by atoms with Crippen molar-refractivity contribution in [2.24, 2.45) is 5.92 Å². The van der Waals surface area contributed by atoms with Gasteiger partial charge in [-0.15, -0.1) is 0 Å². The minimum atomic E-state index is 0.0797. The third-order valence-corrected chi connectivity index (χ3v) is 11.8. The lowest BCUT2D eigenvalue weighted by Gasteiger charge is -2.38. The molecular formula is C54H44N2. The number of benzene rings is 6. The summed E-state index contributed by atoms with van der Waals surface area (Å²) in [6.07, 6.45) is 18.9. The van der Waals surface area contributed by atoms with Gasteiger partial charge in [-0.25, -0.2) is 0 Å². The number of para-hydroxylation sites is 1. The van der Waals surface area contributed by atoms with Crippen molar-refractivity contribution in [3.05, 3.63) is 228 Å². The fraction of sp³-hybridized carbons (Fsp3) is 0.111. The van der Waals surface area contributed by atoms with Gasteiger partial charge in [0.2, 0.25) is 0 Å². The van der Waals surface area contributed by atoms with Crippen LogP contribution in [-0.4, -0.2) is 12.6 Å². The van der Waals surface area contributed by atoms with Crippen LogP contribution < -0.4 is 10.2 Å². The highest BCUT2D eigenvalue weighted by atomic mass is 15.2. The fourth-order valence-electron chi connectivity index (χ4n) is 9.02. The number of hydrogen-bond donors (Lipinski definition) is 1. The number of nitrogens with zero attached hydrogens (tertiary/aromatic N) is 1. The molecule has 0 saturated carbocycles. The molecule has 1 N–H and O–H groups in total. The molecule has 2 nitrogen and oxygen atoms in total. The molecular weight excluding hydrogens is 677 g/mol. The lowest BCUT2D eigenvalue weighted by atomic mass is 9.78. The minimum absolute atomic E-state index is 0.0797. The summed E-state index contributed by atoms with van der Waals surface area (Å²) in [5.74, 6) is 0.151. The molecule has 4 aliphatic rings. The van der Waals surface area contributed by atoms with E-state index in [0.717, 1.165) is 19.4 Å². The number of nitrogens with one attached hydrogen (secondary N) is 1. The van der Waals surface area contributed by atoms with Crippen molar-refractivity contribution >= 4 is 22.4 Å². The Bertz CT molecular complexity index is 2580. The molecule has 2 heteroatoms. The molecule has 0 spiro atoms. The lowest BCUT2D eigenvalue weighted by Crippen LogP contribution is -2.42. The number of anilines is 1. The number of fused-ring (bicyclic) bond motifs is 2. The molecule has 0 radical (unpaired) electrons. The Labute approximate surface area is 330 Å². The van der Waals surface area contributed by atoms with Crippen molar-refractivity contribution in [3.8, 4) is 33.4 Å². The largest absolute Gasteiger partial charge is 0.383 e. The summed E-state index contributed by atoms with van der Waals surface area (Å²) in [5, 5.41) is 3.94. The average Bonchev–Trinajstić information content (AvgIpc) is 3.67. The second-order valence-corrected chi connectivity index (χ2v) is 15.3. The molecule has 2 aliphatic heterocycles. The van der Waals surface area contributed by atoms with Gasteiger partial charge in [0, 0.05) is 35.6 Å². The Hall–Kier alpha value is -6.64. The molecule has 0 amide bonds. The highest BCUT2D eigenvalue weighted by Gasteiger charge is 2.42. The first-order valence-electron chi connectivity index (χ1n) is 19.9. The Morgan fingerprint density at radius 3 is 1.73 bits per heavy atom. The molecule has 6 aromatic rings. The predicted molar refractivity (Wildman–Crippen MR) is 237 cm³/mol. The summed E-state index contributed by atoms with van der Waals surface area (Å²) in [6.45, 7) is 3.01. The standard InChI is InChI=1S/C54H44N2/c1-37-16-14-15-25-52(37)56-36-51(47-34-44(40-21-10-4-11-22-40)31-45(35-47)41-23-12-5-13-24-41)50-27-26-49-48(28-29-55-53(49)54(50)56)46-32-42(38-17-6-2-7-18-38)30-43(33-46)39-19-8-3-9-20-39/h2,4-8,10-28,30-36,50,54-55H,3,9,29H2,1H3. The van der Waals surface area contributed by atoms with Crippen LogP contribution in [0.4, 0.5) is 5.69 Å².